The Balaban J connectivity index is 2.48. The van der Waals surface area contributed by atoms with Crippen LogP contribution in [-0.4, -0.2) is 43.2 Å². The van der Waals surface area contributed by atoms with Crippen LogP contribution in [0.3, 0.4) is 0 Å². The molecule has 0 amide bonds. The fraction of sp³-hybridized carbons (Fsp3) is 0.632. The van der Waals surface area contributed by atoms with Gasteiger partial charge in [0.15, 0.2) is 0 Å². The van der Waals surface area contributed by atoms with Crippen LogP contribution in [-0.2, 0) is 16.0 Å². The maximum Gasteiger partial charge on any atom is 0.320 e. The smallest absolute Gasteiger partial charge is 0.320 e. The van der Waals surface area contributed by atoms with E-state index in [1.54, 1.807) is 0 Å². The molecule has 0 aliphatic carbocycles. The summed E-state index contributed by atoms with van der Waals surface area (Å²) in [6.45, 7) is 11.5. The number of hydrogen-bond donors (Lipinski definition) is 0. The molecule has 0 aromatic heterocycles. The minimum atomic E-state index is -0.447. The van der Waals surface area contributed by atoms with E-state index in [0.29, 0.717) is 19.1 Å². The van der Waals surface area contributed by atoms with Crippen LogP contribution in [0.1, 0.15) is 40.2 Å². The largest absolute Gasteiger partial charge is 0.492 e. The lowest BCUT2D eigenvalue weighted by atomic mass is 10.0. The molecule has 0 aliphatic heterocycles. The van der Waals surface area contributed by atoms with E-state index in [2.05, 4.69) is 35.8 Å². The van der Waals surface area contributed by atoms with Gasteiger partial charge in [-0.15, -0.1) is 0 Å². The van der Waals surface area contributed by atoms with Gasteiger partial charge in [-0.1, -0.05) is 29.8 Å². The van der Waals surface area contributed by atoms with E-state index in [1.807, 2.05) is 44.9 Å². The van der Waals surface area contributed by atoms with Gasteiger partial charge in [-0.3, -0.25) is 9.69 Å². The molecule has 0 aliphatic rings. The average Bonchev–Trinajstić information content (AvgIpc) is 2.38. The zero-order valence-electron chi connectivity index (χ0n) is 15.7. The van der Waals surface area contributed by atoms with Gasteiger partial charge >= 0.3 is 5.97 Å². The van der Waals surface area contributed by atoms with Crippen LogP contribution in [0.15, 0.2) is 22.7 Å². The molecule has 1 aromatic rings. The lowest BCUT2D eigenvalue weighted by Crippen LogP contribution is -2.34. The molecule has 1 aromatic carbocycles. The molecule has 0 saturated heterocycles. The zero-order chi connectivity index (χ0) is 18.3. The van der Waals surface area contributed by atoms with Gasteiger partial charge in [0.05, 0.1) is 6.54 Å². The molecule has 136 valence electrons. The SMILES string of the molecule is CC(C)Cc1cc(Br)ccc1OCCN(C)CC(=O)OC(C)(C)C. The highest BCUT2D eigenvalue weighted by Crippen LogP contribution is 2.25. The van der Waals surface area contributed by atoms with Gasteiger partial charge in [0.2, 0.25) is 0 Å². The van der Waals surface area contributed by atoms with Crippen molar-refractivity contribution in [3.05, 3.63) is 28.2 Å². The highest BCUT2D eigenvalue weighted by molar-refractivity contribution is 9.10. The monoisotopic (exact) mass is 399 g/mol. The number of esters is 1. The number of nitrogens with zero attached hydrogens (tertiary/aromatic N) is 1. The number of ether oxygens (including phenoxy) is 2. The standard InChI is InChI=1S/C19H30BrNO3/c1-14(2)11-15-12-16(20)7-8-17(15)23-10-9-21(6)13-18(22)24-19(3,4)5/h7-8,12,14H,9-11,13H2,1-6H3. The molecule has 5 heteroatoms. The van der Waals surface area contributed by atoms with Crippen LogP contribution in [0.25, 0.3) is 0 Å². The Hall–Kier alpha value is -1.07. The lowest BCUT2D eigenvalue weighted by Gasteiger charge is -2.22. The second-order valence-corrected chi connectivity index (χ2v) is 8.44. The predicted octanol–water partition coefficient (Wildman–Crippen LogP) is 4.30. The van der Waals surface area contributed by atoms with Crippen molar-refractivity contribution < 1.29 is 14.3 Å². The van der Waals surface area contributed by atoms with Gasteiger partial charge in [0.1, 0.15) is 18.0 Å². The van der Waals surface area contributed by atoms with Gasteiger partial charge in [-0.05, 0) is 63.9 Å². The summed E-state index contributed by atoms with van der Waals surface area (Å²) < 4.78 is 12.3. The van der Waals surface area contributed by atoms with Crippen LogP contribution in [0.5, 0.6) is 5.75 Å². The van der Waals surface area contributed by atoms with Crippen molar-refractivity contribution in [3.8, 4) is 5.75 Å². The molecule has 24 heavy (non-hydrogen) atoms. The lowest BCUT2D eigenvalue weighted by molar-refractivity contribution is -0.155. The van der Waals surface area contributed by atoms with Gasteiger partial charge in [-0.2, -0.15) is 0 Å². The van der Waals surface area contributed by atoms with Crippen molar-refractivity contribution in [1.29, 1.82) is 0 Å². The first-order valence-electron chi connectivity index (χ1n) is 8.38. The fourth-order valence-electron chi connectivity index (χ4n) is 2.27. The third-order valence-electron chi connectivity index (χ3n) is 3.20. The molecule has 0 N–H and O–H groups in total. The second-order valence-electron chi connectivity index (χ2n) is 7.52. The van der Waals surface area contributed by atoms with Crippen molar-refractivity contribution in [2.24, 2.45) is 5.92 Å². The maximum absolute atomic E-state index is 11.8. The Labute approximate surface area is 154 Å². The molecule has 4 nitrogen and oxygen atoms in total. The molecule has 0 bridgehead atoms. The van der Waals surface area contributed by atoms with Crippen molar-refractivity contribution in [2.75, 3.05) is 26.7 Å². The van der Waals surface area contributed by atoms with Gasteiger partial charge in [0.25, 0.3) is 0 Å². The summed E-state index contributed by atoms with van der Waals surface area (Å²) in [5.74, 6) is 1.27. The highest BCUT2D eigenvalue weighted by atomic mass is 79.9. The summed E-state index contributed by atoms with van der Waals surface area (Å²) in [5, 5.41) is 0. The third-order valence-corrected chi connectivity index (χ3v) is 3.69. The van der Waals surface area contributed by atoms with Crippen LogP contribution in [0.4, 0.5) is 0 Å². The Kier molecular flexibility index (Phi) is 8.23. The molecular weight excluding hydrogens is 370 g/mol. The molecule has 0 spiro atoms. The quantitative estimate of drug-likeness (QED) is 0.610. The summed E-state index contributed by atoms with van der Waals surface area (Å²) in [7, 11) is 1.89. The van der Waals surface area contributed by atoms with Crippen molar-refractivity contribution in [1.82, 2.24) is 4.90 Å². The summed E-state index contributed by atoms with van der Waals surface area (Å²) in [6.07, 6.45) is 0.975. The Bertz CT molecular complexity index is 538. The number of benzene rings is 1. The van der Waals surface area contributed by atoms with Crippen LogP contribution in [0, 0.1) is 5.92 Å². The molecule has 1 rings (SSSR count). The van der Waals surface area contributed by atoms with Crippen molar-refractivity contribution in [2.45, 2.75) is 46.6 Å². The van der Waals surface area contributed by atoms with Crippen LogP contribution in [0.2, 0.25) is 0 Å². The highest BCUT2D eigenvalue weighted by Gasteiger charge is 2.17. The number of rotatable bonds is 8. The number of halogens is 1. The van der Waals surface area contributed by atoms with E-state index in [4.69, 9.17) is 9.47 Å². The van der Waals surface area contributed by atoms with Crippen molar-refractivity contribution in [3.63, 3.8) is 0 Å². The number of carbonyl (C=O) groups excluding carboxylic acids is 1. The summed E-state index contributed by atoms with van der Waals surface area (Å²) >= 11 is 3.51. The molecule has 0 radical (unpaired) electrons. The van der Waals surface area contributed by atoms with E-state index in [1.165, 1.54) is 5.56 Å². The van der Waals surface area contributed by atoms with Crippen LogP contribution >= 0.6 is 15.9 Å². The summed E-state index contributed by atoms with van der Waals surface area (Å²) in [6, 6.07) is 6.10. The molecular formula is C19H30BrNO3. The van der Waals surface area contributed by atoms with E-state index in [9.17, 15) is 4.79 Å². The van der Waals surface area contributed by atoms with Crippen LogP contribution < -0.4 is 4.74 Å². The van der Waals surface area contributed by atoms with Gasteiger partial charge in [-0.25, -0.2) is 0 Å². The first-order chi connectivity index (χ1) is 11.1. The fourth-order valence-corrected chi connectivity index (χ4v) is 2.68. The topological polar surface area (TPSA) is 38.8 Å². The normalized spacial score (nSPS) is 11.9. The average molecular weight is 400 g/mol. The Morgan fingerprint density at radius 2 is 1.96 bits per heavy atom. The van der Waals surface area contributed by atoms with E-state index in [0.717, 1.165) is 16.6 Å². The predicted molar refractivity (Wildman–Crippen MR) is 102 cm³/mol. The molecule has 0 saturated carbocycles. The van der Waals surface area contributed by atoms with E-state index < -0.39 is 5.60 Å². The summed E-state index contributed by atoms with van der Waals surface area (Å²) in [4.78, 5) is 13.7. The minimum Gasteiger partial charge on any atom is -0.492 e. The zero-order valence-corrected chi connectivity index (χ0v) is 17.3. The first-order valence-corrected chi connectivity index (χ1v) is 9.17. The molecule has 0 fully saturated rings. The molecule has 0 atom stereocenters. The minimum absolute atomic E-state index is 0.214. The summed E-state index contributed by atoms with van der Waals surface area (Å²) in [5.41, 5.74) is 0.756. The van der Waals surface area contributed by atoms with E-state index in [-0.39, 0.29) is 12.5 Å². The maximum atomic E-state index is 11.8. The number of carbonyl (C=O) groups is 1. The third kappa shape index (κ3) is 8.69. The molecule has 0 heterocycles. The van der Waals surface area contributed by atoms with E-state index >= 15 is 0 Å². The second kappa shape index (κ2) is 9.42. The molecule has 0 unspecified atom stereocenters. The van der Waals surface area contributed by atoms with Gasteiger partial charge < -0.3 is 9.47 Å². The number of hydrogen-bond acceptors (Lipinski definition) is 4. The Morgan fingerprint density at radius 1 is 1.29 bits per heavy atom. The van der Waals surface area contributed by atoms with Crippen molar-refractivity contribution >= 4 is 21.9 Å². The van der Waals surface area contributed by atoms with Gasteiger partial charge in [0, 0.05) is 11.0 Å². The number of likely N-dealkylation sites (N-methyl/N-ethyl adjacent to an activating group) is 1. The first kappa shape index (κ1) is 21.0. The Morgan fingerprint density at radius 3 is 2.54 bits per heavy atom.